The third kappa shape index (κ3) is 2.00. The maximum atomic E-state index is 8.20. The first-order valence-corrected chi connectivity index (χ1v) is 5.45. The van der Waals surface area contributed by atoms with Gasteiger partial charge in [-0.25, -0.2) is 0 Å². The fraction of sp³-hybridized carbons (Fsp3) is 1.00. The van der Waals surface area contributed by atoms with Gasteiger partial charge in [0, 0.05) is 0 Å². The summed E-state index contributed by atoms with van der Waals surface area (Å²) < 4.78 is 5.98. The fourth-order valence-corrected chi connectivity index (χ4v) is 3.60. The summed E-state index contributed by atoms with van der Waals surface area (Å²) in [6.45, 7) is 0. The maximum absolute atomic E-state index is 8.20. The minimum atomic E-state index is -2.23. The van der Waals surface area contributed by atoms with Crippen LogP contribution in [0.25, 0.3) is 5.40 Å². The molecule has 0 heterocycles. The van der Waals surface area contributed by atoms with Crippen molar-refractivity contribution in [1.29, 1.82) is 0 Å². The van der Waals surface area contributed by atoms with Gasteiger partial charge in [0.15, 0.2) is 8.72 Å². The zero-order chi connectivity index (χ0) is 9.23. The lowest BCUT2D eigenvalue weighted by molar-refractivity contribution is 0.395. The van der Waals surface area contributed by atoms with Gasteiger partial charge in [-0.05, 0) is 42.3 Å². The Morgan fingerprint density at radius 1 is 0.727 bits per heavy atom. The van der Waals surface area contributed by atoms with Crippen LogP contribution in [-0.4, -0.2) is 64.7 Å². The fourth-order valence-electron chi connectivity index (χ4n) is 1.20. The van der Waals surface area contributed by atoms with Crippen molar-refractivity contribution in [2.75, 3.05) is 42.3 Å². The van der Waals surface area contributed by atoms with Crippen LogP contribution in [0.4, 0.5) is 0 Å². The first kappa shape index (κ1) is 11.1. The highest BCUT2D eigenvalue weighted by atomic mass is 28.4. The summed E-state index contributed by atoms with van der Waals surface area (Å²) in [6.07, 6.45) is 0. The monoisotopic (exact) mass is 175 g/mol. The van der Waals surface area contributed by atoms with Crippen LogP contribution in [-0.2, 0) is 0 Å². The molecule has 0 aromatic rings. The molecule has 0 aliphatic heterocycles. The van der Waals surface area contributed by atoms with E-state index in [-0.39, 0.29) is 0 Å². The molecule has 0 spiro atoms. The van der Waals surface area contributed by atoms with E-state index in [1.165, 1.54) is 0 Å². The highest BCUT2D eigenvalue weighted by molar-refractivity contribution is 6.74. The Labute approximate surface area is 70.9 Å². The molecule has 0 aromatic heterocycles. The Morgan fingerprint density at radius 3 is 0.909 bits per heavy atom. The molecule has 0 saturated carbocycles. The van der Waals surface area contributed by atoms with Gasteiger partial charge in [0.05, 0.1) is 0 Å². The second-order valence-electron chi connectivity index (χ2n) is 3.32. The molecule has 0 aliphatic carbocycles. The summed E-state index contributed by atoms with van der Waals surface area (Å²) in [5.74, 6) is 0. The smallest absolute Gasteiger partial charge is 0.170 e. The highest BCUT2D eigenvalue weighted by Crippen LogP contribution is 2.11. The summed E-state index contributed by atoms with van der Waals surface area (Å²) in [6, 6.07) is 0. The average molecular weight is 175 g/mol. The normalized spacial score (nSPS) is 13.6. The van der Waals surface area contributed by atoms with Crippen molar-refractivity contribution in [3.63, 3.8) is 0 Å². The van der Waals surface area contributed by atoms with Crippen LogP contribution in [0.15, 0.2) is 0 Å². The van der Waals surface area contributed by atoms with E-state index in [1.54, 1.807) is 0 Å². The maximum Gasteiger partial charge on any atom is 0.170 e. The first-order valence-electron chi connectivity index (χ1n) is 3.60. The third-order valence-corrected chi connectivity index (χ3v) is 5.61. The van der Waals surface area contributed by atoms with Crippen LogP contribution in [0.3, 0.4) is 0 Å². The van der Waals surface area contributed by atoms with Crippen molar-refractivity contribution in [3.05, 3.63) is 5.40 Å². The van der Waals surface area contributed by atoms with Crippen LogP contribution in [0, 0.1) is 0 Å². The molecule has 11 heavy (non-hydrogen) atoms. The molecule has 0 fully saturated rings. The second kappa shape index (κ2) is 3.64. The standard InChI is InChI=1S/C6H19N4Si/c1-8(2)11(7,9(3)4)10(5)6/h7H,1-6H3/q-1. The van der Waals surface area contributed by atoms with Gasteiger partial charge in [-0.3, -0.25) is 0 Å². The summed E-state index contributed by atoms with van der Waals surface area (Å²) in [5, 5.41) is 8.20. The van der Waals surface area contributed by atoms with Gasteiger partial charge in [0.25, 0.3) is 0 Å². The molecular formula is C6H19N4Si-. The summed E-state index contributed by atoms with van der Waals surface area (Å²) in [7, 11) is 9.51. The van der Waals surface area contributed by atoms with Crippen molar-refractivity contribution in [2.24, 2.45) is 0 Å². The zero-order valence-electron chi connectivity index (χ0n) is 8.34. The lowest BCUT2D eigenvalue weighted by atomic mass is 11.2. The van der Waals surface area contributed by atoms with Gasteiger partial charge in [-0.1, -0.05) is 0 Å². The number of nitrogens with one attached hydrogen (secondary N) is 1. The Hall–Kier alpha value is 0.0569. The Bertz CT molecular complexity index is 102. The van der Waals surface area contributed by atoms with Crippen LogP contribution >= 0.6 is 0 Å². The molecule has 0 amide bonds. The topological polar surface area (TPSA) is 33.5 Å². The number of hydrogen-bond donors (Lipinski definition) is 0. The number of rotatable bonds is 3. The Kier molecular flexibility index (Phi) is 3.66. The van der Waals surface area contributed by atoms with Crippen LogP contribution in [0.5, 0.6) is 0 Å². The molecule has 0 aromatic carbocycles. The van der Waals surface area contributed by atoms with Crippen molar-refractivity contribution in [1.82, 2.24) is 13.7 Å². The van der Waals surface area contributed by atoms with Gasteiger partial charge < -0.3 is 19.1 Å². The molecule has 4 nitrogen and oxygen atoms in total. The number of hydrogen-bond acceptors (Lipinski definition) is 3. The predicted molar refractivity (Wildman–Crippen MR) is 51.1 cm³/mol. The van der Waals surface area contributed by atoms with E-state index < -0.39 is 8.72 Å². The lowest BCUT2D eigenvalue weighted by Gasteiger charge is -2.51. The Morgan fingerprint density at radius 2 is 0.909 bits per heavy atom. The molecule has 0 radical (unpaired) electrons. The highest BCUT2D eigenvalue weighted by Gasteiger charge is 2.27. The van der Waals surface area contributed by atoms with Gasteiger partial charge in [0.2, 0.25) is 0 Å². The second-order valence-corrected chi connectivity index (χ2v) is 7.27. The van der Waals surface area contributed by atoms with E-state index in [1.807, 2.05) is 56.0 Å². The minimum absolute atomic E-state index is 1.96. The van der Waals surface area contributed by atoms with E-state index in [2.05, 4.69) is 0 Å². The third-order valence-electron chi connectivity index (χ3n) is 1.87. The Balaban J connectivity index is 4.53. The molecule has 5 heteroatoms. The van der Waals surface area contributed by atoms with E-state index in [0.717, 1.165) is 0 Å². The van der Waals surface area contributed by atoms with E-state index in [0.29, 0.717) is 0 Å². The average Bonchev–Trinajstić information content (AvgIpc) is 1.84. The molecule has 0 bridgehead atoms. The molecular weight excluding hydrogens is 156 g/mol. The molecule has 0 atom stereocenters. The minimum Gasteiger partial charge on any atom is -0.641 e. The molecule has 1 N–H and O–H groups in total. The van der Waals surface area contributed by atoms with Gasteiger partial charge in [-0.15, -0.1) is 0 Å². The largest absolute Gasteiger partial charge is 0.641 e. The summed E-state index contributed by atoms with van der Waals surface area (Å²) in [5.41, 5.74) is 0. The number of nitrogens with zero attached hydrogens (tertiary/aromatic N) is 3. The van der Waals surface area contributed by atoms with Crippen LogP contribution < -0.4 is 0 Å². The quantitative estimate of drug-likeness (QED) is 0.573. The van der Waals surface area contributed by atoms with Crippen molar-refractivity contribution >= 4 is 8.72 Å². The molecule has 0 rings (SSSR count). The van der Waals surface area contributed by atoms with Crippen molar-refractivity contribution < 1.29 is 0 Å². The van der Waals surface area contributed by atoms with Gasteiger partial charge in [-0.2, -0.15) is 0 Å². The van der Waals surface area contributed by atoms with Crippen LogP contribution in [0.1, 0.15) is 0 Å². The summed E-state index contributed by atoms with van der Waals surface area (Å²) in [4.78, 5) is 0. The molecule has 0 unspecified atom stereocenters. The predicted octanol–water partition coefficient (Wildman–Crippen LogP) is 0.159. The summed E-state index contributed by atoms with van der Waals surface area (Å²) >= 11 is 0. The van der Waals surface area contributed by atoms with E-state index in [4.69, 9.17) is 5.40 Å². The molecule has 0 aliphatic rings. The van der Waals surface area contributed by atoms with Crippen molar-refractivity contribution in [2.45, 2.75) is 0 Å². The molecule has 0 saturated heterocycles. The van der Waals surface area contributed by atoms with Gasteiger partial charge in [0.1, 0.15) is 0 Å². The van der Waals surface area contributed by atoms with Gasteiger partial charge >= 0.3 is 0 Å². The first-order chi connectivity index (χ1) is 4.83. The lowest BCUT2D eigenvalue weighted by Crippen LogP contribution is -2.67. The van der Waals surface area contributed by atoms with E-state index in [9.17, 15) is 0 Å². The van der Waals surface area contributed by atoms with E-state index >= 15 is 0 Å². The molecule has 68 valence electrons. The van der Waals surface area contributed by atoms with Crippen molar-refractivity contribution in [3.8, 4) is 0 Å². The SMILES string of the molecule is CN(C)[Si]([NH-])(N(C)C)N(C)C. The van der Waals surface area contributed by atoms with Crippen LogP contribution in [0.2, 0.25) is 0 Å². The zero-order valence-corrected chi connectivity index (χ0v) is 9.34.